The highest BCUT2D eigenvalue weighted by Crippen LogP contribution is 2.30. The first-order valence-electron chi connectivity index (χ1n) is 8.43. The van der Waals surface area contributed by atoms with Gasteiger partial charge < -0.3 is 5.32 Å². The van der Waals surface area contributed by atoms with E-state index >= 15 is 0 Å². The monoisotopic (exact) mass is 418 g/mol. The molecule has 8 nitrogen and oxygen atoms in total. The number of nitro benzene ring substituents is 1. The van der Waals surface area contributed by atoms with Crippen LogP contribution in [0.15, 0.2) is 30.3 Å². The zero-order valence-corrected chi connectivity index (χ0v) is 15.3. The predicted molar refractivity (Wildman–Crippen MR) is 96.2 cm³/mol. The van der Waals surface area contributed by atoms with E-state index in [9.17, 15) is 31.7 Å². The van der Waals surface area contributed by atoms with E-state index < -0.39 is 20.5 Å². The average Bonchev–Trinajstić information content (AvgIpc) is 2.65. The molecular formula is C16H17F3N4O4S. The van der Waals surface area contributed by atoms with Gasteiger partial charge in [-0.25, -0.2) is 13.4 Å². The van der Waals surface area contributed by atoms with Crippen LogP contribution in [0.4, 0.5) is 24.7 Å². The van der Waals surface area contributed by atoms with Crippen molar-refractivity contribution in [2.75, 3.05) is 25.0 Å². The molecule has 1 saturated heterocycles. The minimum atomic E-state index is -5.28. The Hall–Kier alpha value is -2.47. The van der Waals surface area contributed by atoms with Crippen molar-refractivity contribution >= 4 is 32.4 Å². The molecule has 1 aliphatic rings. The molecule has 2 heterocycles. The van der Waals surface area contributed by atoms with E-state index in [1.807, 2.05) is 0 Å². The van der Waals surface area contributed by atoms with Gasteiger partial charge in [0, 0.05) is 37.2 Å². The van der Waals surface area contributed by atoms with E-state index in [0.29, 0.717) is 40.4 Å². The third-order valence-electron chi connectivity index (χ3n) is 4.66. The van der Waals surface area contributed by atoms with E-state index in [2.05, 4.69) is 10.3 Å². The lowest BCUT2D eigenvalue weighted by Gasteiger charge is -2.31. The molecule has 1 N–H and O–H groups in total. The number of alkyl halides is 3. The lowest BCUT2D eigenvalue weighted by molar-refractivity contribution is -0.384. The van der Waals surface area contributed by atoms with Crippen molar-refractivity contribution in [3.05, 3.63) is 40.4 Å². The smallest absolute Gasteiger partial charge is 0.370 e. The fourth-order valence-electron chi connectivity index (χ4n) is 3.07. The molecule has 0 amide bonds. The van der Waals surface area contributed by atoms with Crippen LogP contribution in [0.2, 0.25) is 0 Å². The molecule has 0 saturated carbocycles. The number of non-ortho nitro benzene ring substituents is 1. The molecule has 28 heavy (non-hydrogen) atoms. The predicted octanol–water partition coefficient (Wildman–Crippen LogP) is 3.12. The van der Waals surface area contributed by atoms with Gasteiger partial charge in [-0.15, -0.1) is 0 Å². The zero-order chi connectivity index (χ0) is 20.5. The first-order chi connectivity index (χ1) is 13.1. The molecule has 0 aliphatic carbocycles. The van der Waals surface area contributed by atoms with Crippen LogP contribution in [0.25, 0.3) is 10.9 Å². The second-order valence-electron chi connectivity index (χ2n) is 6.50. The largest absolute Gasteiger partial charge is 0.511 e. The second kappa shape index (κ2) is 7.51. The maximum absolute atomic E-state index is 12.6. The highest BCUT2D eigenvalue weighted by Gasteiger charge is 2.50. The summed E-state index contributed by atoms with van der Waals surface area (Å²) in [5, 5.41) is 14.5. The minimum absolute atomic E-state index is 0.00837. The van der Waals surface area contributed by atoms with E-state index in [-0.39, 0.29) is 24.7 Å². The van der Waals surface area contributed by atoms with Gasteiger partial charge in [0.25, 0.3) is 5.69 Å². The SMILES string of the molecule is O=[N+]([O-])c1ccc2nc(NCC3CCN(S(=O)(=O)C(F)(F)F)CC3)ccc2c1. The molecule has 12 heteroatoms. The number of anilines is 1. The van der Waals surface area contributed by atoms with Gasteiger partial charge in [-0.05, 0) is 37.0 Å². The molecule has 0 unspecified atom stereocenters. The van der Waals surface area contributed by atoms with Crippen molar-refractivity contribution in [3.8, 4) is 0 Å². The molecule has 0 atom stereocenters. The number of rotatable bonds is 5. The first-order valence-corrected chi connectivity index (χ1v) is 9.87. The summed E-state index contributed by atoms with van der Waals surface area (Å²) in [5.41, 5.74) is -4.74. The molecular weight excluding hydrogens is 401 g/mol. The van der Waals surface area contributed by atoms with Crippen molar-refractivity contribution in [1.82, 2.24) is 9.29 Å². The highest BCUT2D eigenvalue weighted by molar-refractivity contribution is 7.90. The summed E-state index contributed by atoms with van der Waals surface area (Å²) >= 11 is 0. The van der Waals surface area contributed by atoms with Crippen LogP contribution in [-0.2, 0) is 10.0 Å². The normalized spacial score (nSPS) is 17.0. The Morgan fingerprint density at radius 1 is 1.21 bits per heavy atom. The number of pyridine rings is 1. The standard InChI is InChI=1S/C16H17F3N4O4S/c17-16(18,19)28(26,27)22-7-5-11(6-8-22)10-20-15-4-1-12-9-13(23(24)25)2-3-14(12)21-15/h1-4,9,11H,5-8,10H2,(H,20,21). The average molecular weight is 418 g/mol. The summed E-state index contributed by atoms with van der Waals surface area (Å²) in [4.78, 5) is 14.7. The van der Waals surface area contributed by atoms with Gasteiger partial charge in [-0.1, -0.05) is 0 Å². The summed E-state index contributed by atoms with van der Waals surface area (Å²) in [6.45, 7) is 0.0808. The Kier molecular flexibility index (Phi) is 5.44. The number of fused-ring (bicyclic) bond motifs is 1. The molecule has 3 rings (SSSR count). The Morgan fingerprint density at radius 3 is 2.50 bits per heavy atom. The summed E-state index contributed by atoms with van der Waals surface area (Å²) in [6, 6.07) is 7.67. The maximum atomic E-state index is 12.6. The van der Waals surface area contributed by atoms with Crippen molar-refractivity contribution < 1.29 is 26.5 Å². The number of nitro groups is 1. The van der Waals surface area contributed by atoms with Gasteiger partial charge in [0.05, 0.1) is 10.4 Å². The lowest BCUT2D eigenvalue weighted by Crippen LogP contribution is -2.45. The molecule has 1 fully saturated rings. The number of benzene rings is 1. The molecule has 0 bridgehead atoms. The Labute approximate surface area is 158 Å². The quantitative estimate of drug-likeness (QED) is 0.591. The van der Waals surface area contributed by atoms with Crippen LogP contribution in [-0.4, -0.2) is 47.8 Å². The van der Waals surface area contributed by atoms with Gasteiger partial charge in [0.15, 0.2) is 0 Å². The maximum Gasteiger partial charge on any atom is 0.511 e. The van der Waals surface area contributed by atoms with Crippen LogP contribution in [0.3, 0.4) is 0 Å². The molecule has 1 aromatic carbocycles. The van der Waals surface area contributed by atoms with E-state index in [1.54, 1.807) is 18.2 Å². The van der Waals surface area contributed by atoms with Gasteiger partial charge in [0.2, 0.25) is 0 Å². The number of sulfonamides is 1. The molecule has 1 aliphatic heterocycles. The second-order valence-corrected chi connectivity index (χ2v) is 8.43. The molecule has 0 spiro atoms. The number of nitrogens with zero attached hydrogens (tertiary/aromatic N) is 3. The third-order valence-corrected chi connectivity index (χ3v) is 6.29. The van der Waals surface area contributed by atoms with Crippen LogP contribution in [0.5, 0.6) is 0 Å². The van der Waals surface area contributed by atoms with Crippen molar-refractivity contribution in [3.63, 3.8) is 0 Å². The molecule has 2 aromatic rings. The Balaban J connectivity index is 1.58. The Bertz CT molecular complexity index is 989. The molecule has 0 radical (unpaired) electrons. The number of hydrogen-bond acceptors (Lipinski definition) is 6. The minimum Gasteiger partial charge on any atom is -0.370 e. The van der Waals surface area contributed by atoms with E-state index in [1.165, 1.54) is 12.1 Å². The van der Waals surface area contributed by atoms with Crippen LogP contribution in [0, 0.1) is 16.0 Å². The summed E-state index contributed by atoms with van der Waals surface area (Å²) in [5.74, 6) is 0.542. The summed E-state index contributed by atoms with van der Waals surface area (Å²) in [6.07, 6.45) is 0.615. The number of hydrogen-bond donors (Lipinski definition) is 1. The molecule has 1 aromatic heterocycles. The van der Waals surface area contributed by atoms with Gasteiger partial charge in [0.1, 0.15) is 5.82 Å². The highest BCUT2D eigenvalue weighted by atomic mass is 32.2. The Morgan fingerprint density at radius 2 is 1.89 bits per heavy atom. The summed E-state index contributed by atoms with van der Waals surface area (Å²) in [7, 11) is -5.27. The fraction of sp³-hybridized carbons (Fsp3) is 0.438. The lowest BCUT2D eigenvalue weighted by atomic mass is 9.98. The van der Waals surface area contributed by atoms with Crippen LogP contribution >= 0.6 is 0 Å². The van der Waals surface area contributed by atoms with Gasteiger partial charge in [-0.3, -0.25) is 10.1 Å². The first kappa shape index (κ1) is 20.3. The number of aromatic nitrogens is 1. The van der Waals surface area contributed by atoms with Crippen molar-refractivity contribution in [2.24, 2.45) is 5.92 Å². The summed E-state index contributed by atoms with van der Waals surface area (Å²) < 4.78 is 61.1. The third kappa shape index (κ3) is 4.17. The zero-order valence-electron chi connectivity index (χ0n) is 14.5. The number of nitrogens with one attached hydrogen (secondary N) is 1. The number of piperidine rings is 1. The van der Waals surface area contributed by atoms with Crippen LogP contribution < -0.4 is 5.32 Å². The van der Waals surface area contributed by atoms with Crippen molar-refractivity contribution in [1.29, 1.82) is 0 Å². The van der Waals surface area contributed by atoms with E-state index in [4.69, 9.17) is 0 Å². The van der Waals surface area contributed by atoms with Crippen LogP contribution in [0.1, 0.15) is 12.8 Å². The fourth-order valence-corrected chi connectivity index (χ4v) is 4.06. The molecule has 152 valence electrons. The van der Waals surface area contributed by atoms with E-state index in [0.717, 1.165) is 0 Å². The van der Waals surface area contributed by atoms with Gasteiger partial charge in [-0.2, -0.15) is 17.5 Å². The topological polar surface area (TPSA) is 105 Å². The number of halogens is 3. The van der Waals surface area contributed by atoms with Crippen molar-refractivity contribution in [2.45, 2.75) is 18.3 Å². The van der Waals surface area contributed by atoms with Gasteiger partial charge >= 0.3 is 15.5 Å².